The van der Waals surface area contributed by atoms with E-state index in [1.165, 1.54) is 10.7 Å². The van der Waals surface area contributed by atoms with E-state index < -0.39 is 11.3 Å². The molecule has 3 rings (SSSR count). The number of halogens is 1. The molecule has 1 N–H and O–H groups in total. The highest BCUT2D eigenvalue weighted by Crippen LogP contribution is 2.32. The Balaban J connectivity index is 1.57. The average Bonchev–Trinajstić information content (AvgIpc) is 2.80. The van der Waals surface area contributed by atoms with Crippen molar-refractivity contribution >= 4 is 34.2 Å². The predicted molar refractivity (Wildman–Crippen MR) is 92.4 cm³/mol. The third kappa shape index (κ3) is 3.40. The maximum Gasteiger partial charge on any atom is 0.156 e. The molecule has 1 aliphatic heterocycles. The minimum Gasteiger partial charge on any atom is -0.759 e. The fourth-order valence-corrected chi connectivity index (χ4v) is 3.82. The number of rotatable bonds is 7. The van der Waals surface area contributed by atoms with Crippen LogP contribution in [0.15, 0.2) is 12.4 Å². The first kappa shape index (κ1) is 17.6. The fourth-order valence-electron chi connectivity index (χ4n) is 3.10. The summed E-state index contributed by atoms with van der Waals surface area (Å²) >= 11 is 3.95. The van der Waals surface area contributed by atoms with Crippen molar-refractivity contribution in [2.45, 2.75) is 19.8 Å². The Hall–Kier alpha value is -1.26. The first-order valence-corrected chi connectivity index (χ1v) is 9.20. The van der Waals surface area contributed by atoms with Gasteiger partial charge in [-0.25, -0.2) is 14.9 Å². The number of anilines is 1. The van der Waals surface area contributed by atoms with E-state index in [0.717, 1.165) is 42.8 Å². The molecule has 0 radical (unpaired) electrons. The van der Waals surface area contributed by atoms with Gasteiger partial charge in [-0.05, 0) is 44.4 Å². The van der Waals surface area contributed by atoms with E-state index in [9.17, 15) is 8.76 Å². The summed E-state index contributed by atoms with van der Waals surface area (Å²) in [5, 5.41) is 4.78. The summed E-state index contributed by atoms with van der Waals surface area (Å²) in [5.74, 6) is 1.45. The van der Waals surface area contributed by atoms with Gasteiger partial charge < -0.3 is 9.45 Å². The largest absolute Gasteiger partial charge is 0.759 e. The number of nitrogens with one attached hydrogen (secondary N) is 1. The molecule has 132 valence electrons. The SMILES string of the molecule is CNN(CCCC1CN(c2ncnn3c(Cl)cc(C)c23)C1)S(=O)[O-]. The molecular weight excluding hydrogens is 352 g/mol. The zero-order valence-corrected chi connectivity index (χ0v) is 15.2. The molecule has 1 fully saturated rings. The fraction of sp³-hybridized carbons (Fsp3) is 0.571. The molecule has 0 saturated carbocycles. The van der Waals surface area contributed by atoms with Gasteiger partial charge in [-0.15, -0.1) is 0 Å². The van der Waals surface area contributed by atoms with Crippen molar-refractivity contribution in [1.29, 1.82) is 0 Å². The van der Waals surface area contributed by atoms with E-state index in [2.05, 4.69) is 20.4 Å². The molecule has 8 nitrogen and oxygen atoms in total. The summed E-state index contributed by atoms with van der Waals surface area (Å²) in [7, 11) is 1.60. The summed E-state index contributed by atoms with van der Waals surface area (Å²) in [6, 6.07) is 1.89. The summed E-state index contributed by atoms with van der Waals surface area (Å²) < 4.78 is 24.7. The van der Waals surface area contributed by atoms with Crippen LogP contribution in [0.1, 0.15) is 18.4 Å². The van der Waals surface area contributed by atoms with Gasteiger partial charge in [-0.3, -0.25) is 4.21 Å². The van der Waals surface area contributed by atoms with Crippen LogP contribution in [0.25, 0.3) is 5.52 Å². The molecule has 3 heterocycles. The number of aryl methyl sites for hydroxylation is 1. The van der Waals surface area contributed by atoms with Gasteiger partial charge in [0.05, 0.1) is 0 Å². The Morgan fingerprint density at radius 3 is 2.96 bits per heavy atom. The second kappa shape index (κ2) is 7.32. The van der Waals surface area contributed by atoms with Gasteiger partial charge in [0.25, 0.3) is 0 Å². The molecule has 0 amide bonds. The van der Waals surface area contributed by atoms with Crippen LogP contribution in [0, 0.1) is 12.8 Å². The van der Waals surface area contributed by atoms with Crippen molar-refractivity contribution in [3.63, 3.8) is 0 Å². The van der Waals surface area contributed by atoms with Crippen molar-refractivity contribution in [3.8, 4) is 0 Å². The van der Waals surface area contributed by atoms with Gasteiger partial charge in [0.2, 0.25) is 0 Å². The first-order chi connectivity index (χ1) is 11.5. The van der Waals surface area contributed by atoms with E-state index in [-0.39, 0.29) is 0 Å². The molecule has 1 atom stereocenters. The molecule has 0 bridgehead atoms. The van der Waals surface area contributed by atoms with Gasteiger partial charge in [0, 0.05) is 30.9 Å². The van der Waals surface area contributed by atoms with Crippen LogP contribution in [-0.2, 0) is 11.3 Å². The first-order valence-electron chi connectivity index (χ1n) is 7.79. The molecule has 2 aromatic rings. The molecule has 10 heteroatoms. The lowest BCUT2D eigenvalue weighted by atomic mass is 9.94. The molecule has 0 spiro atoms. The average molecular weight is 372 g/mol. The Labute approximate surface area is 148 Å². The highest BCUT2D eigenvalue weighted by molar-refractivity contribution is 7.76. The minimum atomic E-state index is -2.23. The zero-order valence-electron chi connectivity index (χ0n) is 13.6. The Bertz CT molecular complexity index is 748. The molecular formula is C14H20ClN6O2S-. The second-order valence-electron chi connectivity index (χ2n) is 5.95. The van der Waals surface area contributed by atoms with Crippen LogP contribution in [0.5, 0.6) is 0 Å². The molecule has 1 unspecified atom stereocenters. The van der Waals surface area contributed by atoms with Gasteiger partial charge in [-0.2, -0.15) is 9.51 Å². The summed E-state index contributed by atoms with van der Waals surface area (Å²) in [4.78, 5) is 6.63. The van der Waals surface area contributed by atoms with Crippen LogP contribution >= 0.6 is 11.6 Å². The van der Waals surface area contributed by atoms with E-state index in [0.29, 0.717) is 17.6 Å². The van der Waals surface area contributed by atoms with Gasteiger partial charge >= 0.3 is 0 Å². The molecule has 1 aliphatic rings. The number of fused-ring (bicyclic) bond motifs is 1. The third-order valence-electron chi connectivity index (χ3n) is 4.34. The number of hydrogen-bond acceptors (Lipinski definition) is 6. The maximum absolute atomic E-state index is 10.9. The van der Waals surface area contributed by atoms with Crippen molar-refractivity contribution in [1.82, 2.24) is 24.4 Å². The molecule has 0 aromatic carbocycles. The van der Waals surface area contributed by atoms with E-state index in [4.69, 9.17) is 11.6 Å². The highest BCUT2D eigenvalue weighted by atomic mass is 35.5. The van der Waals surface area contributed by atoms with Crippen molar-refractivity contribution in [2.24, 2.45) is 5.92 Å². The molecule has 1 saturated heterocycles. The van der Waals surface area contributed by atoms with Crippen LogP contribution in [-0.4, -0.2) is 54.5 Å². The number of nitrogens with zero attached hydrogens (tertiary/aromatic N) is 5. The number of hydrogen-bond donors (Lipinski definition) is 1. The van der Waals surface area contributed by atoms with Crippen LogP contribution < -0.4 is 10.3 Å². The monoisotopic (exact) mass is 371 g/mol. The van der Waals surface area contributed by atoms with E-state index >= 15 is 0 Å². The summed E-state index contributed by atoms with van der Waals surface area (Å²) in [6.45, 7) is 4.30. The van der Waals surface area contributed by atoms with E-state index in [1.807, 2.05) is 13.0 Å². The maximum atomic E-state index is 10.9. The zero-order chi connectivity index (χ0) is 17.3. The second-order valence-corrected chi connectivity index (χ2v) is 7.21. The lowest BCUT2D eigenvalue weighted by molar-refractivity contribution is 0.298. The molecule has 24 heavy (non-hydrogen) atoms. The Morgan fingerprint density at radius 1 is 1.54 bits per heavy atom. The topological polar surface area (TPSA) is 88.8 Å². The predicted octanol–water partition coefficient (Wildman–Crippen LogP) is 1.14. The van der Waals surface area contributed by atoms with Crippen molar-refractivity contribution < 1.29 is 8.76 Å². The Kier molecular flexibility index (Phi) is 5.36. The van der Waals surface area contributed by atoms with Crippen molar-refractivity contribution in [3.05, 3.63) is 23.1 Å². The summed E-state index contributed by atoms with van der Waals surface area (Å²) in [5.41, 5.74) is 4.66. The number of hydrazine groups is 1. The van der Waals surface area contributed by atoms with Gasteiger partial charge in [0.15, 0.2) is 5.82 Å². The van der Waals surface area contributed by atoms with Crippen LogP contribution in [0.3, 0.4) is 0 Å². The normalized spacial score (nSPS) is 16.8. The van der Waals surface area contributed by atoms with Crippen molar-refractivity contribution in [2.75, 3.05) is 31.6 Å². The van der Waals surface area contributed by atoms with Gasteiger partial charge in [0.1, 0.15) is 17.0 Å². The third-order valence-corrected chi connectivity index (χ3v) is 5.34. The van der Waals surface area contributed by atoms with E-state index in [1.54, 1.807) is 11.6 Å². The molecule has 0 aliphatic carbocycles. The van der Waals surface area contributed by atoms with Crippen LogP contribution in [0.2, 0.25) is 5.15 Å². The minimum absolute atomic E-state index is 0.480. The summed E-state index contributed by atoms with van der Waals surface area (Å²) in [6.07, 6.45) is 3.33. The lowest BCUT2D eigenvalue weighted by Gasteiger charge is -2.40. The standard InChI is InChI=1S/C14H21ClN6O2S/c1-10-6-12(15)21-13(10)14(17-9-18-21)19-7-11(8-19)4-3-5-20(16-2)24(22)23/h6,9,11,16H,3-5,7-8H2,1-2H3,(H,22,23)/p-1. The smallest absolute Gasteiger partial charge is 0.156 e. The quantitative estimate of drug-likeness (QED) is 0.580. The Morgan fingerprint density at radius 2 is 2.29 bits per heavy atom. The highest BCUT2D eigenvalue weighted by Gasteiger charge is 2.29. The van der Waals surface area contributed by atoms with Gasteiger partial charge in [-0.1, -0.05) is 11.6 Å². The lowest BCUT2D eigenvalue weighted by Crippen LogP contribution is -2.47. The number of aromatic nitrogens is 3. The molecule has 2 aromatic heterocycles. The van der Waals surface area contributed by atoms with Crippen LogP contribution in [0.4, 0.5) is 5.82 Å².